The van der Waals surface area contributed by atoms with Crippen molar-refractivity contribution in [2.24, 2.45) is 0 Å². The van der Waals surface area contributed by atoms with Gasteiger partial charge in [-0.2, -0.15) is 0 Å². The number of hydrogen-bond acceptors (Lipinski definition) is 4. The van der Waals surface area contributed by atoms with E-state index in [9.17, 15) is 0 Å². The second-order valence-corrected chi connectivity index (χ2v) is 5.00. The highest BCUT2D eigenvalue weighted by Gasteiger charge is 2.10. The van der Waals surface area contributed by atoms with Crippen LogP contribution in [-0.2, 0) is 6.54 Å². The summed E-state index contributed by atoms with van der Waals surface area (Å²) in [6, 6.07) is 6.06. The normalized spacial score (nSPS) is 10.9. The summed E-state index contributed by atoms with van der Waals surface area (Å²) in [4.78, 5) is 2.35. The zero-order chi connectivity index (χ0) is 15.5. The molecule has 0 amide bonds. The van der Waals surface area contributed by atoms with E-state index in [1.54, 1.807) is 7.11 Å². The third-order valence-electron chi connectivity index (χ3n) is 3.57. The number of methoxy groups -OCH3 is 1. The second-order valence-electron chi connectivity index (χ2n) is 5.00. The monoisotopic (exact) mass is 294 g/mol. The van der Waals surface area contributed by atoms with Crippen molar-refractivity contribution in [3.63, 3.8) is 0 Å². The standard InChI is InChI=1S/C17H30N2O2/c1-5-11-18-14-15-9-8-10-16(20-4)17(15)21-13-12-19(6-2)7-3/h8-10,18H,5-7,11-14H2,1-4H3. The number of benzene rings is 1. The van der Waals surface area contributed by atoms with Crippen molar-refractivity contribution in [3.8, 4) is 11.5 Å². The maximum Gasteiger partial charge on any atom is 0.165 e. The van der Waals surface area contributed by atoms with Gasteiger partial charge in [0.2, 0.25) is 0 Å². The van der Waals surface area contributed by atoms with Crippen LogP contribution in [0.1, 0.15) is 32.8 Å². The first-order valence-corrected chi connectivity index (χ1v) is 7.98. The molecule has 0 fully saturated rings. The molecule has 1 N–H and O–H groups in total. The first-order valence-electron chi connectivity index (χ1n) is 7.98. The lowest BCUT2D eigenvalue weighted by molar-refractivity contribution is 0.215. The van der Waals surface area contributed by atoms with E-state index in [1.165, 1.54) is 0 Å². The Hall–Kier alpha value is -1.26. The first kappa shape index (κ1) is 17.8. The molecule has 0 bridgehead atoms. The van der Waals surface area contributed by atoms with Gasteiger partial charge >= 0.3 is 0 Å². The number of hydrogen-bond donors (Lipinski definition) is 1. The Morgan fingerprint density at radius 2 is 1.90 bits per heavy atom. The number of ether oxygens (including phenoxy) is 2. The van der Waals surface area contributed by atoms with E-state index in [4.69, 9.17) is 9.47 Å². The van der Waals surface area contributed by atoms with Crippen LogP contribution < -0.4 is 14.8 Å². The molecule has 0 atom stereocenters. The van der Waals surface area contributed by atoms with Gasteiger partial charge in [0.1, 0.15) is 6.61 Å². The quantitative estimate of drug-likeness (QED) is 0.636. The van der Waals surface area contributed by atoms with E-state index >= 15 is 0 Å². The van der Waals surface area contributed by atoms with Crippen molar-refractivity contribution < 1.29 is 9.47 Å². The van der Waals surface area contributed by atoms with Gasteiger partial charge in [0, 0.05) is 18.7 Å². The van der Waals surface area contributed by atoms with Gasteiger partial charge in [-0.25, -0.2) is 0 Å². The van der Waals surface area contributed by atoms with Crippen LogP contribution in [0.2, 0.25) is 0 Å². The molecule has 0 aliphatic rings. The molecule has 0 radical (unpaired) electrons. The molecule has 21 heavy (non-hydrogen) atoms. The van der Waals surface area contributed by atoms with E-state index in [2.05, 4.69) is 37.1 Å². The summed E-state index contributed by atoms with van der Waals surface area (Å²) in [5.74, 6) is 1.68. The predicted molar refractivity (Wildman–Crippen MR) is 88.3 cm³/mol. The summed E-state index contributed by atoms with van der Waals surface area (Å²) in [6.45, 7) is 12.1. The van der Waals surface area contributed by atoms with E-state index < -0.39 is 0 Å². The summed E-state index contributed by atoms with van der Waals surface area (Å²) in [5.41, 5.74) is 1.15. The Bertz CT molecular complexity index is 392. The zero-order valence-corrected chi connectivity index (χ0v) is 13.9. The van der Waals surface area contributed by atoms with Gasteiger partial charge < -0.3 is 19.7 Å². The van der Waals surface area contributed by atoms with Crippen LogP contribution in [0.5, 0.6) is 11.5 Å². The number of nitrogens with one attached hydrogen (secondary N) is 1. The Morgan fingerprint density at radius 3 is 2.52 bits per heavy atom. The Kier molecular flexibility index (Phi) is 8.87. The molecule has 1 rings (SSSR count). The fourth-order valence-corrected chi connectivity index (χ4v) is 2.24. The SMILES string of the molecule is CCCNCc1cccc(OC)c1OCCN(CC)CC. The molecule has 0 aliphatic heterocycles. The minimum atomic E-state index is 0.683. The molecule has 4 nitrogen and oxygen atoms in total. The lowest BCUT2D eigenvalue weighted by atomic mass is 10.2. The molecule has 4 heteroatoms. The number of para-hydroxylation sites is 1. The van der Waals surface area contributed by atoms with Crippen molar-refractivity contribution in [1.29, 1.82) is 0 Å². The Morgan fingerprint density at radius 1 is 1.14 bits per heavy atom. The number of rotatable bonds is 11. The Balaban J connectivity index is 2.67. The Labute approximate surface area is 129 Å². The van der Waals surface area contributed by atoms with Gasteiger partial charge in [0.15, 0.2) is 11.5 Å². The second kappa shape index (κ2) is 10.5. The lowest BCUT2D eigenvalue weighted by Crippen LogP contribution is -2.28. The van der Waals surface area contributed by atoms with Crippen LogP contribution >= 0.6 is 0 Å². The molecule has 0 spiro atoms. The largest absolute Gasteiger partial charge is 0.493 e. The van der Waals surface area contributed by atoms with Gasteiger partial charge in [-0.3, -0.25) is 0 Å². The summed E-state index contributed by atoms with van der Waals surface area (Å²) >= 11 is 0. The first-order chi connectivity index (χ1) is 10.3. The minimum Gasteiger partial charge on any atom is -0.493 e. The van der Waals surface area contributed by atoms with Gasteiger partial charge in [-0.1, -0.05) is 32.9 Å². The van der Waals surface area contributed by atoms with Gasteiger partial charge in [-0.05, 0) is 32.1 Å². The predicted octanol–water partition coefficient (Wildman–Crippen LogP) is 2.92. The third-order valence-corrected chi connectivity index (χ3v) is 3.57. The van der Waals surface area contributed by atoms with Gasteiger partial charge in [0.25, 0.3) is 0 Å². The highest BCUT2D eigenvalue weighted by atomic mass is 16.5. The third kappa shape index (κ3) is 5.94. The molecular formula is C17H30N2O2. The molecule has 0 heterocycles. The maximum atomic E-state index is 6.02. The molecule has 0 aliphatic carbocycles. The molecular weight excluding hydrogens is 264 g/mol. The van der Waals surface area contributed by atoms with E-state index in [1.807, 2.05) is 12.1 Å². The fourth-order valence-electron chi connectivity index (χ4n) is 2.24. The topological polar surface area (TPSA) is 33.7 Å². The average molecular weight is 294 g/mol. The zero-order valence-electron chi connectivity index (χ0n) is 13.9. The molecule has 0 unspecified atom stereocenters. The van der Waals surface area contributed by atoms with E-state index in [-0.39, 0.29) is 0 Å². The maximum absolute atomic E-state index is 6.02. The van der Waals surface area contributed by atoms with Crippen LogP contribution in [0.25, 0.3) is 0 Å². The molecule has 0 aromatic heterocycles. The fraction of sp³-hybridized carbons (Fsp3) is 0.647. The van der Waals surface area contributed by atoms with Crippen LogP contribution in [0.3, 0.4) is 0 Å². The summed E-state index contributed by atoms with van der Waals surface area (Å²) in [6.07, 6.45) is 1.13. The van der Waals surface area contributed by atoms with E-state index in [0.29, 0.717) is 6.61 Å². The minimum absolute atomic E-state index is 0.683. The summed E-state index contributed by atoms with van der Waals surface area (Å²) < 4.78 is 11.5. The van der Waals surface area contributed by atoms with E-state index in [0.717, 1.165) is 56.2 Å². The molecule has 0 saturated heterocycles. The van der Waals surface area contributed by atoms with Crippen molar-refractivity contribution in [2.45, 2.75) is 33.7 Å². The summed E-state index contributed by atoms with van der Waals surface area (Å²) in [7, 11) is 1.69. The van der Waals surface area contributed by atoms with Crippen molar-refractivity contribution in [1.82, 2.24) is 10.2 Å². The molecule has 1 aromatic rings. The highest BCUT2D eigenvalue weighted by molar-refractivity contribution is 5.46. The number of nitrogens with zero attached hydrogens (tertiary/aromatic N) is 1. The van der Waals surface area contributed by atoms with Crippen LogP contribution in [0.15, 0.2) is 18.2 Å². The molecule has 0 saturated carbocycles. The molecule has 120 valence electrons. The van der Waals surface area contributed by atoms with Crippen molar-refractivity contribution >= 4 is 0 Å². The van der Waals surface area contributed by atoms with Gasteiger partial charge in [0.05, 0.1) is 7.11 Å². The van der Waals surface area contributed by atoms with Crippen LogP contribution in [0.4, 0.5) is 0 Å². The van der Waals surface area contributed by atoms with Crippen molar-refractivity contribution in [2.75, 3.05) is 39.9 Å². The average Bonchev–Trinajstić information content (AvgIpc) is 2.52. The molecule has 1 aromatic carbocycles. The lowest BCUT2D eigenvalue weighted by Gasteiger charge is -2.20. The van der Waals surface area contributed by atoms with Crippen LogP contribution in [0, 0.1) is 0 Å². The highest BCUT2D eigenvalue weighted by Crippen LogP contribution is 2.31. The van der Waals surface area contributed by atoms with Crippen LogP contribution in [-0.4, -0.2) is 44.8 Å². The van der Waals surface area contributed by atoms with Gasteiger partial charge in [-0.15, -0.1) is 0 Å². The summed E-state index contributed by atoms with van der Waals surface area (Å²) in [5, 5.41) is 3.42. The smallest absolute Gasteiger partial charge is 0.165 e. The van der Waals surface area contributed by atoms with Crippen molar-refractivity contribution in [3.05, 3.63) is 23.8 Å². The number of likely N-dealkylation sites (N-methyl/N-ethyl adjacent to an activating group) is 1.